The predicted octanol–water partition coefficient (Wildman–Crippen LogP) is 5.54. The van der Waals surface area contributed by atoms with Crippen LogP contribution in [0.25, 0.3) is 21.9 Å². The first-order valence-corrected chi connectivity index (χ1v) is 11.0. The van der Waals surface area contributed by atoms with Crippen LogP contribution in [0.3, 0.4) is 0 Å². The van der Waals surface area contributed by atoms with E-state index in [1.165, 1.54) is 0 Å². The smallest absolute Gasteiger partial charge is 0.170 e. The average molecular weight is 476 g/mol. The van der Waals surface area contributed by atoms with Crippen LogP contribution < -0.4 is 28.4 Å². The van der Waals surface area contributed by atoms with Crippen LogP contribution in [0, 0.1) is 0 Å². The van der Waals surface area contributed by atoms with Crippen molar-refractivity contribution in [3.8, 4) is 45.6 Å². The molecule has 0 aliphatic rings. The Hall–Kier alpha value is -4.13. The van der Waals surface area contributed by atoms with Gasteiger partial charge in [-0.2, -0.15) is 0 Å². The molecule has 1 heterocycles. The first kappa shape index (κ1) is 24.0. The Bertz CT molecular complexity index is 1350. The third-order valence-corrected chi connectivity index (χ3v) is 5.96. The Kier molecular flexibility index (Phi) is 7.15. The average Bonchev–Trinajstić information content (AvgIpc) is 2.91. The van der Waals surface area contributed by atoms with Gasteiger partial charge in [-0.25, -0.2) is 0 Å². The maximum absolute atomic E-state index is 5.74. The highest BCUT2D eigenvalue weighted by Gasteiger charge is 2.19. The molecule has 4 aromatic rings. The summed E-state index contributed by atoms with van der Waals surface area (Å²) in [5.74, 6) is 3.86. The third kappa shape index (κ3) is 4.49. The van der Waals surface area contributed by atoms with E-state index in [0.717, 1.165) is 33.2 Å². The zero-order chi connectivity index (χ0) is 24.9. The molecule has 0 N–H and O–H groups in total. The Balaban J connectivity index is 1.88. The summed E-state index contributed by atoms with van der Waals surface area (Å²) in [6.07, 6.45) is 2.35. The molecule has 0 bridgehead atoms. The summed E-state index contributed by atoms with van der Waals surface area (Å²) in [6.45, 7) is 0. The SMILES string of the molecule is COc1ccc(-c2cc(Cc3nccc4ccc(OC)c(OC)c34)cc(OC)c2OC)cc1OC. The van der Waals surface area contributed by atoms with Gasteiger partial charge in [0, 0.05) is 23.6 Å². The van der Waals surface area contributed by atoms with Crippen molar-refractivity contribution in [1.82, 2.24) is 4.98 Å². The van der Waals surface area contributed by atoms with Gasteiger partial charge < -0.3 is 28.4 Å². The van der Waals surface area contributed by atoms with Crippen LogP contribution in [-0.2, 0) is 6.42 Å². The highest BCUT2D eigenvalue weighted by atomic mass is 16.5. The molecule has 7 nitrogen and oxygen atoms in total. The molecule has 0 atom stereocenters. The van der Waals surface area contributed by atoms with Crippen LogP contribution in [0.15, 0.2) is 54.7 Å². The van der Waals surface area contributed by atoms with Crippen LogP contribution >= 0.6 is 0 Å². The molecular formula is C28H29NO6. The highest BCUT2D eigenvalue weighted by Crippen LogP contribution is 2.43. The van der Waals surface area contributed by atoms with E-state index < -0.39 is 0 Å². The van der Waals surface area contributed by atoms with Crippen LogP contribution in [-0.4, -0.2) is 47.6 Å². The summed E-state index contributed by atoms with van der Waals surface area (Å²) >= 11 is 0. The van der Waals surface area contributed by atoms with Gasteiger partial charge >= 0.3 is 0 Å². The molecule has 0 radical (unpaired) electrons. The van der Waals surface area contributed by atoms with Crippen molar-refractivity contribution in [3.63, 3.8) is 0 Å². The molecule has 0 saturated heterocycles. The molecule has 4 rings (SSSR count). The largest absolute Gasteiger partial charge is 0.493 e. The molecule has 182 valence electrons. The van der Waals surface area contributed by atoms with Gasteiger partial charge in [-0.1, -0.05) is 12.1 Å². The quantitative estimate of drug-likeness (QED) is 0.315. The zero-order valence-electron chi connectivity index (χ0n) is 20.8. The van der Waals surface area contributed by atoms with Gasteiger partial charge in [0.15, 0.2) is 34.5 Å². The maximum atomic E-state index is 5.74. The van der Waals surface area contributed by atoms with E-state index in [1.54, 1.807) is 48.9 Å². The molecule has 0 aliphatic heterocycles. The van der Waals surface area contributed by atoms with Crippen molar-refractivity contribution in [3.05, 3.63) is 66.0 Å². The summed E-state index contributed by atoms with van der Waals surface area (Å²) in [5, 5.41) is 1.94. The second-order valence-electron chi connectivity index (χ2n) is 7.78. The molecule has 0 unspecified atom stereocenters. The first-order chi connectivity index (χ1) is 17.1. The van der Waals surface area contributed by atoms with E-state index in [1.807, 2.05) is 42.5 Å². The lowest BCUT2D eigenvalue weighted by Crippen LogP contribution is -2.00. The van der Waals surface area contributed by atoms with Crippen molar-refractivity contribution in [2.75, 3.05) is 42.7 Å². The monoisotopic (exact) mass is 475 g/mol. The van der Waals surface area contributed by atoms with Gasteiger partial charge in [-0.15, -0.1) is 0 Å². The molecule has 0 aliphatic carbocycles. The van der Waals surface area contributed by atoms with E-state index in [4.69, 9.17) is 33.4 Å². The van der Waals surface area contributed by atoms with Crippen LogP contribution in [0.2, 0.25) is 0 Å². The van der Waals surface area contributed by atoms with Crippen molar-refractivity contribution in [1.29, 1.82) is 0 Å². The van der Waals surface area contributed by atoms with E-state index >= 15 is 0 Å². The van der Waals surface area contributed by atoms with E-state index in [-0.39, 0.29) is 0 Å². The van der Waals surface area contributed by atoms with Crippen LogP contribution in [0.5, 0.6) is 34.5 Å². The number of methoxy groups -OCH3 is 6. The highest BCUT2D eigenvalue weighted by molar-refractivity contribution is 5.93. The Labute approximate surface area is 205 Å². The lowest BCUT2D eigenvalue weighted by Gasteiger charge is -2.17. The van der Waals surface area contributed by atoms with Crippen LogP contribution in [0.4, 0.5) is 0 Å². The number of fused-ring (bicyclic) bond motifs is 1. The molecule has 0 spiro atoms. The van der Waals surface area contributed by atoms with Crippen molar-refractivity contribution >= 4 is 10.8 Å². The van der Waals surface area contributed by atoms with Crippen molar-refractivity contribution in [2.45, 2.75) is 6.42 Å². The van der Waals surface area contributed by atoms with E-state index in [2.05, 4.69) is 6.07 Å². The zero-order valence-corrected chi connectivity index (χ0v) is 20.8. The molecule has 3 aromatic carbocycles. The normalized spacial score (nSPS) is 10.7. The number of benzene rings is 3. The van der Waals surface area contributed by atoms with Gasteiger partial charge in [0.1, 0.15) is 0 Å². The minimum atomic E-state index is 0.543. The Morgan fingerprint density at radius 3 is 1.94 bits per heavy atom. The predicted molar refractivity (Wildman–Crippen MR) is 136 cm³/mol. The number of hydrogen-bond acceptors (Lipinski definition) is 7. The Morgan fingerprint density at radius 1 is 0.600 bits per heavy atom. The summed E-state index contributed by atoms with van der Waals surface area (Å²) in [4.78, 5) is 4.69. The number of hydrogen-bond donors (Lipinski definition) is 0. The topological polar surface area (TPSA) is 68.3 Å². The van der Waals surface area contributed by atoms with E-state index in [9.17, 15) is 0 Å². The van der Waals surface area contributed by atoms with Crippen LogP contribution in [0.1, 0.15) is 11.3 Å². The first-order valence-electron chi connectivity index (χ1n) is 11.0. The standard InChI is InChI=1S/C28H29NO6/c1-30-22-9-8-19(16-24(22)32-3)20-13-17(15-25(33-4)27(20)34-5)14-21-26-18(11-12-29-21)7-10-23(31-2)28(26)35-6/h7-13,15-16H,14H2,1-6H3. The molecule has 7 heteroatoms. The van der Waals surface area contributed by atoms with Gasteiger partial charge in [0.05, 0.1) is 48.4 Å². The molecular weight excluding hydrogens is 446 g/mol. The summed E-state index contributed by atoms with van der Waals surface area (Å²) < 4.78 is 33.6. The fraction of sp³-hybridized carbons (Fsp3) is 0.250. The Morgan fingerprint density at radius 2 is 1.29 bits per heavy atom. The number of aromatic nitrogens is 1. The fourth-order valence-corrected chi connectivity index (χ4v) is 4.32. The molecule has 0 amide bonds. The van der Waals surface area contributed by atoms with Gasteiger partial charge in [0.2, 0.25) is 0 Å². The van der Waals surface area contributed by atoms with Crippen molar-refractivity contribution < 1.29 is 28.4 Å². The molecule has 0 saturated carbocycles. The summed E-state index contributed by atoms with van der Waals surface area (Å²) in [7, 11) is 9.75. The van der Waals surface area contributed by atoms with Crippen molar-refractivity contribution in [2.24, 2.45) is 0 Å². The van der Waals surface area contributed by atoms with Gasteiger partial charge in [-0.05, 0) is 52.9 Å². The number of pyridine rings is 1. The van der Waals surface area contributed by atoms with E-state index in [0.29, 0.717) is 40.9 Å². The second-order valence-corrected chi connectivity index (χ2v) is 7.78. The maximum Gasteiger partial charge on any atom is 0.170 e. The summed E-state index contributed by atoms with van der Waals surface area (Å²) in [6, 6.07) is 15.7. The fourth-order valence-electron chi connectivity index (χ4n) is 4.32. The summed E-state index contributed by atoms with van der Waals surface area (Å²) in [5.41, 5.74) is 3.64. The lowest BCUT2D eigenvalue weighted by molar-refractivity contribution is 0.354. The lowest BCUT2D eigenvalue weighted by atomic mass is 9.97. The minimum Gasteiger partial charge on any atom is -0.493 e. The molecule has 0 fully saturated rings. The number of rotatable bonds is 9. The molecule has 35 heavy (non-hydrogen) atoms. The third-order valence-electron chi connectivity index (χ3n) is 5.96. The second kappa shape index (κ2) is 10.4. The molecule has 1 aromatic heterocycles. The minimum absolute atomic E-state index is 0.543. The number of ether oxygens (including phenoxy) is 6. The number of nitrogens with zero attached hydrogens (tertiary/aromatic N) is 1. The van der Waals surface area contributed by atoms with Gasteiger partial charge in [-0.3, -0.25) is 4.98 Å². The van der Waals surface area contributed by atoms with Gasteiger partial charge in [0.25, 0.3) is 0 Å².